The van der Waals surface area contributed by atoms with Crippen LogP contribution in [0.5, 0.6) is 0 Å². The van der Waals surface area contributed by atoms with E-state index in [9.17, 15) is 4.79 Å². The Morgan fingerprint density at radius 2 is 2.11 bits per heavy atom. The minimum Gasteiger partial charge on any atom is -0.396 e. The number of hydrogen-bond donors (Lipinski definition) is 1. The molecule has 1 atom stereocenters. The first-order valence-corrected chi connectivity index (χ1v) is 6.86. The van der Waals surface area contributed by atoms with Crippen LogP contribution in [0.3, 0.4) is 0 Å². The molecule has 1 N–H and O–H groups in total. The topological polar surface area (TPSA) is 49.8 Å². The lowest BCUT2D eigenvalue weighted by Gasteiger charge is -2.33. The van der Waals surface area contributed by atoms with Gasteiger partial charge in [-0.2, -0.15) is 0 Å². The smallest absolute Gasteiger partial charge is 0.222 e. The fourth-order valence-electron chi connectivity index (χ4n) is 2.29. The quantitative estimate of drug-likeness (QED) is 0.823. The van der Waals surface area contributed by atoms with Crippen LogP contribution < -0.4 is 0 Å². The second-order valence-corrected chi connectivity index (χ2v) is 4.79. The van der Waals surface area contributed by atoms with Gasteiger partial charge in [0.25, 0.3) is 0 Å². The number of nitrogens with zero attached hydrogens (tertiary/aromatic N) is 1. The molecule has 4 heteroatoms. The van der Waals surface area contributed by atoms with Gasteiger partial charge in [0.1, 0.15) is 6.10 Å². The summed E-state index contributed by atoms with van der Waals surface area (Å²) in [5.74, 6) is 0.165. The Kier molecular flexibility index (Phi) is 5.36. The first-order chi connectivity index (χ1) is 9.31. The Labute approximate surface area is 114 Å². The molecule has 1 aromatic rings. The van der Waals surface area contributed by atoms with Crippen LogP contribution in [0.1, 0.15) is 30.9 Å². The van der Waals surface area contributed by atoms with Gasteiger partial charge >= 0.3 is 0 Å². The van der Waals surface area contributed by atoms with E-state index in [2.05, 4.69) is 0 Å². The molecule has 0 aliphatic carbocycles. The summed E-state index contributed by atoms with van der Waals surface area (Å²) in [7, 11) is 0. The second-order valence-electron chi connectivity index (χ2n) is 4.79. The number of aliphatic hydroxyl groups excluding tert-OH is 1. The van der Waals surface area contributed by atoms with Crippen LogP contribution in [-0.4, -0.2) is 42.2 Å². The van der Waals surface area contributed by atoms with Crippen molar-refractivity contribution in [3.8, 4) is 0 Å². The largest absolute Gasteiger partial charge is 0.396 e. The molecule has 0 saturated carbocycles. The van der Waals surface area contributed by atoms with Crippen molar-refractivity contribution in [2.75, 3.05) is 26.3 Å². The predicted molar refractivity (Wildman–Crippen MR) is 72.7 cm³/mol. The van der Waals surface area contributed by atoms with Crippen molar-refractivity contribution in [2.24, 2.45) is 0 Å². The maximum atomic E-state index is 12.0. The van der Waals surface area contributed by atoms with Crippen LogP contribution in [0.2, 0.25) is 0 Å². The molecule has 0 bridgehead atoms. The number of unbranched alkanes of at least 4 members (excludes halogenated alkanes) is 1. The van der Waals surface area contributed by atoms with Crippen LogP contribution >= 0.6 is 0 Å². The Hall–Kier alpha value is -1.39. The molecular weight excluding hydrogens is 242 g/mol. The summed E-state index contributed by atoms with van der Waals surface area (Å²) in [4.78, 5) is 13.9. The molecule has 1 aliphatic heterocycles. The zero-order valence-electron chi connectivity index (χ0n) is 11.1. The molecule has 0 spiro atoms. The molecule has 0 radical (unpaired) electrons. The van der Waals surface area contributed by atoms with Gasteiger partial charge < -0.3 is 14.7 Å². The third kappa shape index (κ3) is 4.04. The number of ether oxygens (including phenoxy) is 1. The van der Waals surface area contributed by atoms with Gasteiger partial charge in [-0.05, 0) is 18.4 Å². The number of morpholine rings is 1. The van der Waals surface area contributed by atoms with E-state index < -0.39 is 0 Å². The van der Waals surface area contributed by atoms with E-state index in [1.165, 1.54) is 0 Å². The number of hydrogen-bond acceptors (Lipinski definition) is 3. The summed E-state index contributed by atoms with van der Waals surface area (Å²) >= 11 is 0. The Bertz CT molecular complexity index is 394. The molecule has 1 saturated heterocycles. The minimum atomic E-state index is -0.0169. The standard InChI is InChI=1S/C15H21NO3/c17-10-5-4-8-15(18)16-9-11-19-14(12-16)13-6-2-1-3-7-13/h1-3,6-7,14,17H,4-5,8-12H2. The highest BCUT2D eigenvalue weighted by molar-refractivity contribution is 5.76. The SMILES string of the molecule is O=C(CCCCO)N1CCOC(c2ccccc2)C1. The molecule has 1 unspecified atom stereocenters. The van der Waals surface area contributed by atoms with E-state index >= 15 is 0 Å². The number of carbonyl (C=O) groups excluding carboxylic acids is 1. The van der Waals surface area contributed by atoms with Crippen LogP contribution in [0, 0.1) is 0 Å². The average Bonchev–Trinajstić information content (AvgIpc) is 2.48. The molecule has 1 amide bonds. The molecule has 1 fully saturated rings. The first kappa shape index (κ1) is 14.0. The van der Waals surface area contributed by atoms with Gasteiger partial charge in [-0.3, -0.25) is 4.79 Å². The Morgan fingerprint density at radius 3 is 2.84 bits per heavy atom. The lowest BCUT2D eigenvalue weighted by Crippen LogP contribution is -2.42. The summed E-state index contributed by atoms with van der Waals surface area (Å²) < 4.78 is 5.74. The molecule has 1 heterocycles. The molecule has 0 aromatic heterocycles. The number of amides is 1. The second kappa shape index (κ2) is 7.26. The van der Waals surface area contributed by atoms with Crippen molar-refractivity contribution in [1.82, 2.24) is 4.90 Å². The molecule has 1 aliphatic rings. The lowest BCUT2D eigenvalue weighted by molar-refractivity contribution is -0.139. The van der Waals surface area contributed by atoms with E-state index in [0.29, 0.717) is 32.5 Å². The monoisotopic (exact) mass is 263 g/mol. The van der Waals surface area contributed by atoms with Gasteiger partial charge in [-0.25, -0.2) is 0 Å². The van der Waals surface area contributed by atoms with Crippen molar-refractivity contribution in [2.45, 2.75) is 25.4 Å². The summed E-state index contributed by atoms with van der Waals surface area (Å²) in [5.41, 5.74) is 1.12. The number of carbonyl (C=O) groups is 1. The van der Waals surface area contributed by atoms with Gasteiger partial charge in [0, 0.05) is 19.6 Å². The van der Waals surface area contributed by atoms with Gasteiger partial charge in [0.2, 0.25) is 5.91 Å². The van der Waals surface area contributed by atoms with Crippen molar-refractivity contribution in [3.63, 3.8) is 0 Å². The maximum absolute atomic E-state index is 12.0. The molecule has 2 rings (SSSR count). The Morgan fingerprint density at radius 1 is 1.32 bits per heavy atom. The molecule has 19 heavy (non-hydrogen) atoms. The molecule has 104 valence electrons. The van der Waals surface area contributed by atoms with E-state index in [-0.39, 0.29) is 18.6 Å². The molecular formula is C15H21NO3. The van der Waals surface area contributed by atoms with E-state index in [1.54, 1.807) is 0 Å². The van der Waals surface area contributed by atoms with Gasteiger partial charge in [-0.15, -0.1) is 0 Å². The number of aliphatic hydroxyl groups is 1. The zero-order valence-corrected chi connectivity index (χ0v) is 11.1. The van der Waals surface area contributed by atoms with E-state index in [1.807, 2.05) is 35.2 Å². The number of benzene rings is 1. The van der Waals surface area contributed by atoms with Crippen LogP contribution in [0.4, 0.5) is 0 Å². The van der Waals surface area contributed by atoms with Crippen molar-refractivity contribution in [1.29, 1.82) is 0 Å². The van der Waals surface area contributed by atoms with E-state index in [4.69, 9.17) is 9.84 Å². The van der Waals surface area contributed by atoms with Gasteiger partial charge in [0.05, 0.1) is 13.2 Å². The molecule has 4 nitrogen and oxygen atoms in total. The third-order valence-electron chi connectivity index (χ3n) is 3.39. The fourth-order valence-corrected chi connectivity index (χ4v) is 2.29. The van der Waals surface area contributed by atoms with Crippen molar-refractivity contribution < 1.29 is 14.6 Å². The first-order valence-electron chi connectivity index (χ1n) is 6.86. The fraction of sp³-hybridized carbons (Fsp3) is 0.533. The summed E-state index contributed by atoms with van der Waals surface area (Å²) in [6.07, 6.45) is 1.94. The highest BCUT2D eigenvalue weighted by atomic mass is 16.5. The average molecular weight is 263 g/mol. The minimum absolute atomic E-state index is 0.0169. The van der Waals surface area contributed by atoms with E-state index in [0.717, 1.165) is 12.0 Å². The Balaban J connectivity index is 1.88. The van der Waals surface area contributed by atoms with Crippen molar-refractivity contribution >= 4 is 5.91 Å². The van der Waals surface area contributed by atoms with Crippen LogP contribution in [0.15, 0.2) is 30.3 Å². The maximum Gasteiger partial charge on any atom is 0.222 e. The van der Waals surface area contributed by atoms with Crippen molar-refractivity contribution in [3.05, 3.63) is 35.9 Å². The van der Waals surface area contributed by atoms with Crippen LogP contribution in [-0.2, 0) is 9.53 Å². The molecule has 1 aromatic carbocycles. The highest BCUT2D eigenvalue weighted by Crippen LogP contribution is 2.22. The third-order valence-corrected chi connectivity index (χ3v) is 3.39. The zero-order chi connectivity index (χ0) is 13.5. The summed E-state index contributed by atoms with van der Waals surface area (Å²) in [6.45, 7) is 2.04. The van der Waals surface area contributed by atoms with Gasteiger partial charge in [0.15, 0.2) is 0 Å². The lowest BCUT2D eigenvalue weighted by atomic mass is 10.1. The summed E-state index contributed by atoms with van der Waals surface area (Å²) in [6, 6.07) is 10.0. The number of rotatable bonds is 5. The normalized spacial score (nSPS) is 19.4. The van der Waals surface area contributed by atoms with Gasteiger partial charge in [-0.1, -0.05) is 30.3 Å². The predicted octanol–water partition coefficient (Wildman–Crippen LogP) is 1.75. The summed E-state index contributed by atoms with van der Waals surface area (Å²) in [5, 5.41) is 8.74. The highest BCUT2D eigenvalue weighted by Gasteiger charge is 2.24. The van der Waals surface area contributed by atoms with Crippen LogP contribution in [0.25, 0.3) is 0 Å².